The van der Waals surface area contributed by atoms with Crippen LogP contribution >= 0.6 is 11.3 Å². The van der Waals surface area contributed by atoms with E-state index in [1.165, 1.54) is 11.3 Å². The smallest absolute Gasteiger partial charge is 0.257 e. The summed E-state index contributed by atoms with van der Waals surface area (Å²) in [7, 11) is 1.60. The Morgan fingerprint density at radius 2 is 1.97 bits per heavy atom. The van der Waals surface area contributed by atoms with Crippen molar-refractivity contribution in [1.82, 2.24) is 4.98 Å². The summed E-state index contributed by atoms with van der Waals surface area (Å²) in [4.78, 5) is 29.1. The molecule has 9 heteroatoms. The minimum Gasteiger partial charge on any atom is -0.496 e. The van der Waals surface area contributed by atoms with E-state index in [0.717, 1.165) is 11.3 Å². The van der Waals surface area contributed by atoms with Crippen LogP contribution in [0, 0.1) is 6.92 Å². The molecule has 0 aliphatic carbocycles. The van der Waals surface area contributed by atoms with E-state index in [2.05, 4.69) is 15.6 Å². The second-order valence-corrected chi connectivity index (χ2v) is 7.43. The fraction of sp³-hybridized carbons (Fsp3) is 0.190. The van der Waals surface area contributed by atoms with Crippen LogP contribution in [0.2, 0.25) is 0 Å². The van der Waals surface area contributed by atoms with Crippen molar-refractivity contribution in [3.05, 3.63) is 58.6 Å². The van der Waals surface area contributed by atoms with Gasteiger partial charge in [0.15, 0.2) is 16.6 Å². The lowest BCUT2D eigenvalue weighted by Gasteiger charge is -2.08. The Balaban J connectivity index is 1.35. The van der Waals surface area contributed by atoms with Gasteiger partial charge in [-0.25, -0.2) is 4.98 Å². The van der Waals surface area contributed by atoms with Gasteiger partial charge in [0.1, 0.15) is 5.75 Å². The largest absolute Gasteiger partial charge is 0.496 e. The highest BCUT2D eigenvalue weighted by atomic mass is 32.1. The lowest BCUT2D eigenvalue weighted by Crippen LogP contribution is -2.15. The molecular formula is C21H19N3O5S. The van der Waals surface area contributed by atoms with Crippen LogP contribution in [0.5, 0.6) is 17.2 Å². The van der Waals surface area contributed by atoms with Crippen molar-refractivity contribution in [2.45, 2.75) is 13.3 Å². The fourth-order valence-corrected chi connectivity index (χ4v) is 3.68. The monoisotopic (exact) mass is 425 g/mol. The Hall–Kier alpha value is -3.59. The third-order valence-electron chi connectivity index (χ3n) is 4.43. The summed E-state index contributed by atoms with van der Waals surface area (Å²) < 4.78 is 15.8. The molecule has 2 heterocycles. The number of hydrogen-bond donors (Lipinski definition) is 2. The van der Waals surface area contributed by atoms with E-state index in [9.17, 15) is 9.59 Å². The molecule has 0 atom stereocenters. The second-order valence-electron chi connectivity index (χ2n) is 6.58. The van der Waals surface area contributed by atoms with E-state index in [1.54, 1.807) is 42.8 Å². The summed E-state index contributed by atoms with van der Waals surface area (Å²) in [6.07, 6.45) is 0.0987. The zero-order chi connectivity index (χ0) is 21.1. The van der Waals surface area contributed by atoms with Crippen LogP contribution in [0.15, 0.2) is 41.8 Å². The Labute approximate surface area is 176 Å². The van der Waals surface area contributed by atoms with Crippen LogP contribution in [0.25, 0.3) is 0 Å². The number of anilines is 2. The lowest BCUT2D eigenvalue weighted by atomic mass is 10.2. The number of carbonyl (C=O) groups excluding carboxylic acids is 2. The number of rotatable bonds is 6. The Bertz CT molecular complexity index is 1110. The number of nitrogens with zero attached hydrogens (tertiary/aromatic N) is 1. The van der Waals surface area contributed by atoms with Crippen molar-refractivity contribution in [1.29, 1.82) is 0 Å². The molecule has 1 aliphatic rings. The van der Waals surface area contributed by atoms with Crippen LogP contribution in [-0.2, 0) is 11.2 Å². The average molecular weight is 425 g/mol. The Morgan fingerprint density at radius 3 is 2.77 bits per heavy atom. The summed E-state index contributed by atoms with van der Waals surface area (Å²) in [5, 5.41) is 7.74. The predicted molar refractivity (Wildman–Crippen MR) is 113 cm³/mol. The molecule has 0 fully saturated rings. The number of nitrogens with one attached hydrogen (secondary N) is 2. The summed E-state index contributed by atoms with van der Waals surface area (Å²) >= 11 is 1.26. The number of hydrogen-bond acceptors (Lipinski definition) is 7. The molecule has 2 N–H and O–H groups in total. The maximum Gasteiger partial charge on any atom is 0.257 e. The number of thiazole rings is 1. The molecule has 4 rings (SSSR count). The van der Waals surface area contributed by atoms with Gasteiger partial charge in [0, 0.05) is 16.6 Å². The standard InChI is InChI=1S/C21H19N3O5S/c1-12-7-14(4-6-16(12)27-2)22-19(25)9-15-10-30-21(23-15)24-20(26)13-3-5-17-18(8-13)29-11-28-17/h3-8,10H,9,11H2,1-2H3,(H,22,25)(H,23,24,26). The summed E-state index contributed by atoms with van der Waals surface area (Å²) in [6.45, 7) is 2.05. The third-order valence-corrected chi connectivity index (χ3v) is 5.23. The molecule has 0 saturated carbocycles. The van der Waals surface area contributed by atoms with Gasteiger partial charge >= 0.3 is 0 Å². The molecule has 0 radical (unpaired) electrons. The molecule has 154 valence electrons. The summed E-state index contributed by atoms with van der Waals surface area (Å²) in [6, 6.07) is 10.4. The number of amides is 2. The van der Waals surface area contributed by atoms with E-state index in [4.69, 9.17) is 14.2 Å². The molecule has 30 heavy (non-hydrogen) atoms. The van der Waals surface area contributed by atoms with Crippen molar-refractivity contribution < 1.29 is 23.8 Å². The Morgan fingerprint density at radius 1 is 1.13 bits per heavy atom. The van der Waals surface area contributed by atoms with Crippen LogP contribution in [0.1, 0.15) is 21.6 Å². The molecule has 1 aromatic heterocycles. The van der Waals surface area contributed by atoms with E-state index >= 15 is 0 Å². The van der Waals surface area contributed by atoms with Crippen molar-refractivity contribution >= 4 is 34.0 Å². The first-order valence-corrected chi connectivity index (χ1v) is 9.99. The van der Waals surface area contributed by atoms with Crippen LogP contribution in [0.4, 0.5) is 10.8 Å². The molecule has 0 saturated heterocycles. The molecule has 3 aromatic rings. The first kappa shape index (κ1) is 19.7. The lowest BCUT2D eigenvalue weighted by molar-refractivity contribution is -0.115. The quantitative estimate of drug-likeness (QED) is 0.626. The molecule has 2 aromatic carbocycles. The van der Waals surface area contributed by atoms with Gasteiger partial charge in [0.2, 0.25) is 12.7 Å². The number of carbonyl (C=O) groups is 2. The number of benzene rings is 2. The number of methoxy groups -OCH3 is 1. The van der Waals surface area contributed by atoms with Gasteiger partial charge in [0.25, 0.3) is 5.91 Å². The van der Waals surface area contributed by atoms with Crippen molar-refractivity contribution in [2.75, 3.05) is 24.5 Å². The van der Waals surface area contributed by atoms with Crippen LogP contribution in [-0.4, -0.2) is 30.7 Å². The van der Waals surface area contributed by atoms with E-state index < -0.39 is 0 Å². The number of aromatic nitrogens is 1. The minimum atomic E-state index is -0.313. The van der Waals surface area contributed by atoms with Gasteiger partial charge in [-0.2, -0.15) is 0 Å². The van der Waals surface area contributed by atoms with E-state index in [-0.39, 0.29) is 25.0 Å². The number of fused-ring (bicyclic) bond motifs is 1. The van der Waals surface area contributed by atoms with Gasteiger partial charge in [-0.15, -0.1) is 11.3 Å². The zero-order valence-corrected chi connectivity index (χ0v) is 17.2. The Kier molecular flexibility index (Phi) is 5.53. The SMILES string of the molecule is COc1ccc(NC(=O)Cc2csc(NC(=O)c3ccc4c(c3)OCO4)n2)cc1C. The highest BCUT2D eigenvalue weighted by Crippen LogP contribution is 2.32. The normalized spacial score (nSPS) is 11.8. The van der Waals surface area contributed by atoms with Gasteiger partial charge in [-0.05, 0) is 48.9 Å². The van der Waals surface area contributed by atoms with Crippen LogP contribution in [0.3, 0.4) is 0 Å². The molecule has 0 unspecified atom stereocenters. The van der Waals surface area contributed by atoms with E-state index in [0.29, 0.717) is 33.6 Å². The first-order valence-electron chi connectivity index (χ1n) is 9.12. The van der Waals surface area contributed by atoms with E-state index in [1.807, 2.05) is 13.0 Å². The van der Waals surface area contributed by atoms with Crippen molar-refractivity contribution in [2.24, 2.45) is 0 Å². The molecule has 1 aliphatic heterocycles. The van der Waals surface area contributed by atoms with Crippen LogP contribution < -0.4 is 24.8 Å². The fourth-order valence-electron chi connectivity index (χ4n) is 2.98. The number of ether oxygens (including phenoxy) is 3. The second kappa shape index (κ2) is 8.42. The third kappa shape index (κ3) is 4.36. The molecule has 0 spiro atoms. The maximum absolute atomic E-state index is 12.4. The van der Waals surface area contributed by atoms with Gasteiger partial charge in [0.05, 0.1) is 19.2 Å². The highest BCUT2D eigenvalue weighted by molar-refractivity contribution is 7.14. The number of aryl methyl sites for hydroxylation is 1. The summed E-state index contributed by atoms with van der Waals surface area (Å²) in [5.74, 6) is 1.40. The summed E-state index contributed by atoms with van der Waals surface area (Å²) in [5.41, 5.74) is 2.62. The van der Waals surface area contributed by atoms with Crippen molar-refractivity contribution in [3.63, 3.8) is 0 Å². The molecule has 8 nitrogen and oxygen atoms in total. The minimum absolute atomic E-state index is 0.0987. The molecule has 2 amide bonds. The van der Waals surface area contributed by atoms with Gasteiger partial charge in [-0.1, -0.05) is 0 Å². The highest BCUT2D eigenvalue weighted by Gasteiger charge is 2.17. The van der Waals surface area contributed by atoms with Gasteiger partial charge in [-0.3, -0.25) is 14.9 Å². The average Bonchev–Trinajstić information content (AvgIpc) is 3.36. The van der Waals surface area contributed by atoms with Crippen molar-refractivity contribution in [3.8, 4) is 17.2 Å². The molecule has 0 bridgehead atoms. The first-order chi connectivity index (χ1) is 14.5. The zero-order valence-electron chi connectivity index (χ0n) is 16.4. The topological polar surface area (TPSA) is 98.8 Å². The maximum atomic E-state index is 12.4. The van der Waals surface area contributed by atoms with Gasteiger partial charge < -0.3 is 19.5 Å². The molecular weight excluding hydrogens is 406 g/mol. The predicted octanol–water partition coefficient (Wildman–Crippen LogP) is 3.62.